The Labute approximate surface area is 157 Å². The molecule has 7 nitrogen and oxygen atoms in total. The molecule has 0 saturated carbocycles. The first-order chi connectivity index (χ1) is 12.8. The van der Waals surface area contributed by atoms with Crippen LogP contribution in [0.25, 0.3) is 0 Å². The zero-order chi connectivity index (χ0) is 19.6. The third-order valence-corrected chi connectivity index (χ3v) is 6.98. The molecule has 1 aromatic rings. The number of amides is 1. The first-order valence-corrected chi connectivity index (χ1v) is 10.2. The average molecular weight is 396 g/mol. The van der Waals surface area contributed by atoms with E-state index in [2.05, 4.69) is 0 Å². The van der Waals surface area contributed by atoms with Crippen molar-refractivity contribution in [2.45, 2.75) is 17.7 Å². The zero-order valence-corrected chi connectivity index (χ0v) is 15.4. The Hall–Kier alpha value is -2.26. The van der Waals surface area contributed by atoms with Gasteiger partial charge < -0.3 is 10.0 Å². The van der Waals surface area contributed by atoms with Crippen LogP contribution in [0, 0.1) is 17.7 Å². The quantitative estimate of drug-likeness (QED) is 0.775. The van der Waals surface area contributed by atoms with Crippen molar-refractivity contribution < 1.29 is 27.5 Å². The molecule has 2 aliphatic rings. The maximum absolute atomic E-state index is 13.0. The van der Waals surface area contributed by atoms with E-state index < -0.39 is 33.6 Å². The lowest BCUT2D eigenvalue weighted by atomic mass is 9.82. The van der Waals surface area contributed by atoms with Gasteiger partial charge in [-0.3, -0.25) is 9.59 Å². The van der Waals surface area contributed by atoms with Gasteiger partial charge in [0.25, 0.3) is 0 Å². The van der Waals surface area contributed by atoms with Crippen molar-refractivity contribution in [2.24, 2.45) is 11.8 Å². The van der Waals surface area contributed by atoms with E-state index in [0.29, 0.717) is 12.8 Å². The zero-order valence-electron chi connectivity index (χ0n) is 14.6. The maximum atomic E-state index is 13.0. The van der Waals surface area contributed by atoms with Crippen molar-refractivity contribution >= 4 is 21.9 Å². The number of carboxylic acid groups (broad SMARTS) is 1. The van der Waals surface area contributed by atoms with Gasteiger partial charge in [-0.05, 0) is 37.1 Å². The number of halogens is 1. The van der Waals surface area contributed by atoms with Gasteiger partial charge >= 0.3 is 5.97 Å². The highest BCUT2D eigenvalue weighted by Gasteiger charge is 2.38. The Morgan fingerprint density at radius 3 is 2.07 bits per heavy atom. The second kappa shape index (κ2) is 7.77. The molecule has 1 aliphatic heterocycles. The number of hydrogen-bond acceptors (Lipinski definition) is 4. The summed E-state index contributed by atoms with van der Waals surface area (Å²) in [5.41, 5.74) is 0. The smallest absolute Gasteiger partial charge is 0.307 e. The van der Waals surface area contributed by atoms with Crippen molar-refractivity contribution in [1.29, 1.82) is 0 Å². The van der Waals surface area contributed by atoms with E-state index >= 15 is 0 Å². The van der Waals surface area contributed by atoms with Crippen LogP contribution in [0.4, 0.5) is 4.39 Å². The summed E-state index contributed by atoms with van der Waals surface area (Å²) in [5.74, 6) is -3.11. The van der Waals surface area contributed by atoms with Gasteiger partial charge in [0.1, 0.15) is 5.82 Å². The second-order valence-corrected chi connectivity index (χ2v) is 8.62. The summed E-state index contributed by atoms with van der Waals surface area (Å²) < 4.78 is 39.5. The van der Waals surface area contributed by atoms with Crippen LogP contribution in [0.1, 0.15) is 12.8 Å². The van der Waals surface area contributed by atoms with Crippen LogP contribution < -0.4 is 0 Å². The lowest BCUT2D eigenvalue weighted by Crippen LogP contribution is -2.53. The van der Waals surface area contributed by atoms with Crippen molar-refractivity contribution in [1.82, 2.24) is 9.21 Å². The molecule has 9 heteroatoms. The number of allylic oxidation sites excluding steroid dienone is 2. The van der Waals surface area contributed by atoms with E-state index in [4.69, 9.17) is 0 Å². The highest BCUT2D eigenvalue weighted by atomic mass is 32.2. The number of benzene rings is 1. The van der Waals surface area contributed by atoms with Crippen molar-refractivity contribution in [3.63, 3.8) is 0 Å². The van der Waals surface area contributed by atoms with Gasteiger partial charge in [-0.1, -0.05) is 12.2 Å². The number of carboxylic acids is 1. The number of aliphatic carboxylic acids is 1. The molecule has 0 radical (unpaired) electrons. The van der Waals surface area contributed by atoms with E-state index in [1.165, 1.54) is 21.3 Å². The number of nitrogens with zero attached hydrogens (tertiary/aromatic N) is 2. The predicted molar refractivity (Wildman–Crippen MR) is 94.7 cm³/mol. The number of piperazine rings is 1. The molecule has 1 amide bonds. The number of hydrogen-bond donors (Lipinski definition) is 1. The van der Waals surface area contributed by atoms with E-state index in [9.17, 15) is 27.5 Å². The van der Waals surface area contributed by atoms with Gasteiger partial charge in [-0.15, -0.1) is 0 Å². The van der Waals surface area contributed by atoms with E-state index in [1.807, 2.05) is 6.08 Å². The lowest BCUT2D eigenvalue weighted by molar-refractivity contribution is -0.151. The number of sulfonamides is 1. The first kappa shape index (κ1) is 19.5. The van der Waals surface area contributed by atoms with Gasteiger partial charge in [0, 0.05) is 26.2 Å². The number of carbonyl (C=O) groups excluding carboxylic acids is 1. The van der Waals surface area contributed by atoms with Gasteiger partial charge in [0.2, 0.25) is 15.9 Å². The van der Waals surface area contributed by atoms with Crippen LogP contribution >= 0.6 is 0 Å². The Balaban J connectivity index is 1.66. The average Bonchev–Trinajstić information content (AvgIpc) is 2.68. The fraction of sp³-hybridized carbons (Fsp3) is 0.444. The molecule has 1 fully saturated rings. The van der Waals surface area contributed by atoms with Crippen LogP contribution in [0.2, 0.25) is 0 Å². The van der Waals surface area contributed by atoms with Gasteiger partial charge in [-0.2, -0.15) is 4.31 Å². The molecule has 1 aliphatic carbocycles. The summed E-state index contributed by atoms with van der Waals surface area (Å²) in [6, 6.07) is 4.62. The number of rotatable bonds is 4. The molecular formula is C18H21FN2O5S. The molecule has 0 unspecified atom stereocenters. The Morgan fingerprint density at radius 1 is 0.963 bits per heavy atom. The van der Waals surface area contributed by atoms with Crippen LogP contribution in [-0.4, -0.2) is 60.8 Å². The molecule has 3 rings (SSSR count). The fourth-order valence-corrected chi connectivity index (χ4v) is 4.92. The Bertz CT molecular complexity index is 845. The minimum absolute atomic E-state index is 0.00651. The van der Waals surface area contributed by atoms with Crippen molar-refractivity contribution in [3.05, 3.63) is 42.2 Å². The van der Waals surface area contributed by atoms with E-state index in [-0.39, 0.29) is 37.0 Å². The highest BCUT2D eigenvalue weighted by molar-refractivity contribution is 7.89. The van der Waals surface area contributed by atoms with Gasteiger partial charge in [0.15, 0.2) is 0 Å². The Kier molecular flexibility index (Phi) is 5.61. The molecule has 2 atom stereocenters. The van der Waals surface area contributed by atoms with Crippen LogP contribution in [-0.2, 0) is 19.6 Å². The van der Waals surface area contributed by atoms with Crippen LogP contribution in [0.5, 0.6) is 0 Å². The standard InChI is InChI=1S/C18H21FN2O5S/c19-13-5-7-14(8-6-13)27(25,26)21-11-9-20(10-12-21)17(22)15-3-1-2-4-16(15)18(23)24/h1-2,5-8,15-16H,3-4,9-12H2,(H,23,24)/t15-,16-/m1/s1. The summed E-state index contributed by atoms with van der Waals surface area (Å²) in [5, 5.41) is 9.33. The lowest BCUT2D eigenvalue weighted by Gasteiger charge is -2.37. The number of carbonyl (C=O) groups is 2. The molecule has 1 aromatic carbocycles. The monoisotopic (exact) mass is 396 g/mol. The normalized spacial score (nSPS) is 24.0. The fourth-order valence-electron chi connectivity index (χ4n) is 3.50. The summed E-state index contributed by atoms with van der Waals surface area (Å²) >= 11 is 0. The van der Waals surface area contributed by atoms with Crippen LogP contribution in [0.3, 0.4) is 0 Å². The summed E-state index contributed by atoms with van der Waals surface area (Å²) in [7, 11) is -3.75. The highest BCUT2D eigenvalue weighted by Crippen LogP contribution is 2.28. The molecule has 27 heavy (non-hydrogen) atoms. The summed E-state index contributed by atoms with van der Waals surface area (Å²) in [4.78, 5) is 25.7. The van der Waals surface area contributed by atoms with Gasteiger partial charge in [-0.25, -0.2) is 12.8 Å². The molecule has 0 bridgehead atoms. The SMILES string of the molecule is O=C(O)[C@@H]1CC=CC[C@H]1C(=O)N1CCN(S(=O)(=O)c2ccc(F)cc2)CC1. The minimum atomic E-state index is -3.75. The van der Waals surface area contributed by atoms with E-state index in [0.717, 1.165) is 12.1 Å². The molecular weight excluding hydrogens is 375 g/mol. The van der Waals surface area contributed by atoms with E-state index in [1.54, 1.807) is 6.08 Å². The third-order valence-electron chi connectivity index (χ3n) is 5.07. The topological polar surface area (TPSA) is 95.0 Å². The minimum Gasteiger partial charge on any atom is -0.481 e. The molecule has 146 valence electrons. The molecule has 1 saturated heterocycles. The molecule has 0 spiro atoms. The maximum Gasteiger partial charge on any atom is 0.307 e. The van der Waals surface area contributed by atoms with Crippen LogP contribution in [0.15, 0.2) is 41.3 Å². The third kappa shape index (κ3) is 4.03. The summed E-state index contributed by atoms with van der Waals surface area (Å²) in [6.45, 7) is 0.634. The second-order valence-electron chi connectivity index (χ2n) is 6.68. The Morgan fingerprint density at radius 2 is 1.52 bits per heavy atom. The van der Waals surface area contributed by atoms with Crippen molar-refractivity contribution in [3.8, 4) is 0 Å². The largest absolute Gasteiger partial charge is 0.481 e. The first-order valence-electron chi connectivity index (χ1n) is 8.73. The van der Waals surface area contributed by atoms with Crippen molar-refractivity contribution in [2.75, 3.05) is 26.2 Å². The van der Waals surface area contributed by atoms with Gasteiger partial charge in [0.05, 0.1) is 16.7 Å². The molecule has 1 heterocycles. The molecule has 0 aromatic heterocycles. The predicted octanol–water partition coefficient (Wildman–Crippen LogP) is 1.33. The summed E-state index contributed by atoms with van der Waals surface area (Å²) in [6.07, 6.45) is 4.29. The molecule has 1 N–H and O–H groups in total.